The van der Waals surface area contributed by atoms with Gasteiger partial charge in [-0.3, -0.25) is 9.48 Å². The van der Waals surface area contributed by atoms with Crippen LogP contribution in [0.4, 0.5) is 0 Å². The molecule has 0 saturated heterocycles. The van der Waals surface area contributed by atoms with E-state index in [1.54, 1.807) is 24.3 Å². The van der Waals surface area contributed by atoms with Crippen molar-refractivity contribution in [1.82, 2.24) is 24.1 Å². The highest BCUT2D eigenvalue weighted by Gasteiger charge is 2.16. The number of nitrogens with zero attached hydrogens (tertiary/aromatic N) is 5. The number of aryl methyl sites for hydroxylation is 1. The molecule has 27 heavy (non-hydrogen) atoms. The van der Waals surface area contributed by atoms with E-state index in [0.717, 1.165) is 16.8 Å². The number of fused-ring (bicyclic) bond motifs is 1. The second-order valence-corrected chi connectivity index (χ2v) is 6.79. The van der Waals surface area contributed by atoms with Gasteiger partial charge in [0, 0.05) is 37.7 Å². The first-order chi connectivity index (χ1) is 13.1. The van der Waals surface area contributed by atoms with Crippen LogP contribution in [-0.4, -0.2) is 37.0 Å². The smallest absolute Gasteiger partial charge is 0.274 e. The molecular formula is C21H21N5O. The van der Waals surface area contributed by atoms with Crippen molar-refractivity contribution < 1.29 is 4.79 Å². The second kappa shape index (κ2) is 7.07. The number of benzene rings is 1. The molecular weight excluding hydrogens is 338 g/mol. The molecule has 0 atom stereocenters. The molecule has 0 saturated carbocycles. The standard InChI is InChI=1S/C21H21N5O/c1-16-8-9-25-15-19(23-20(25)10-16)21(27)24(2)12-18-11-22-26(14-18)13-17-6-4-3-5-7-17/h3-11,14-15H,12-13H2,1-2H3. The molecule has 4 rings (SSSR count). The lowest BCUT2D eigenvalue weighted by atomic mass is 10.2. The lowest BCUT2D eigenvalue weighted by molar-refractivity contribution is 0.0780. The average molecular weight is 359 g/mol. The van der Waals surface area contributed by atoms with Crippen LogP contribution in [-0.2, 0) is 13.1 Å². The van der Waals surface area contributed by atoms with Crippen LogP contribution in [0.25, 0.3) is 5.65 Å². The van der Waals surface area contributed by atoms with Crippen LogP contribution in [0.15, 0.2) is 67.3 Å². The van der Waals surface area contributed by atoms with Gasteiger partial charge in [-0.15, -0.1) is 0 Å². The summed E-state index contributed by atoms with van der Waals surface area (Å²) in [6, 6.07) is 14.1. The largest absolute Gasteiger partial charge is 0.336 e. The second-order valence-electron chi connectivity index (χ2n) is 6.79. The van der Waals surface area contributed by atoms with Gasteiger partial charge in [-0.05, 0) is 30.2 Å². The van der Waals surface area contributed by atoms with Crippen LogP contribution in [0.2, 0.25) is 0 Å². The van der Waals surface area contributed by atoms with Gasteiger partial charge in [0.15, 0.2) is 0 Å². The van der Waals surface area contributed by atoms with Gasteiger partial charge >= 0.3 is 0 Å². The van der Waals surface area contributed by atoms with Gasteiger partial charge < -0.3 is 9.30 Å². The van der Waals surface area contributed by atoms with Crippen LogP contribution in [0.1, 0.15) is 27.2 Å². The fraction of sp³-hybridized carbons (Fsp3) is 0.190. The third kappa shape index (κ3) is 3.74. The number of imidazole rings is 1. The molecule has 3 heterocycles. The molecule has 0 unspecified atom stereocenters. The number of pyridine rings is 1. The van der Waals surface area contributed by atoms with Gasteiger partial charge in [0.2, 0.25) is 0 Å². The highest BCUT2D eigenvalue weighted by atomic mass is 16.2. The van der Waals surface area contributed by atoms with Crippen molar-refractivity contribution in [3.05, 3.63) is 89.6 Å². The van der Waals surface area contributed by atoms with E-state index in [0.29, 0.717) is 18.8 Å². The Hall–Kier alpha value is -3.41. The summed E-state index contributed by atoms with van der Waals surface area (Å²) in [6.07, 6.45) is 7.47. The molecule has 0 aliphatic heterocycles. The highest BCUT2D eigenvalue weighted by molar-refractivity contribution is 5.92. The Morgan fingerprint density at radius 3 is 2.74 bits per heavy atom. The van der Waals surface area contributed by atoms with E-state index in [2.05, 4.69) is 22.2 Å². The van der Waals surface area contributed by atoms with Crippen molar-refractivity contribution in [2.24, 2.45) is 0 Å². The zero-order valence-corrected chi connectivity index (χ0v) is 15.4. The molecule has 0 fully saturated rings. The minimum absolute atomic E-state index is 0.104. The van der Waals surface area contributed by atoms with Crippen molar-refractivity contribution in [1.29, 1.82) is 0 Å². The van der Waals surface area contributed by atoms with Crippen LogP contribution >= 0.6 is 0 Å². The zero-order valence-electron chi connectivity index (χ0n) is 15.4. The number of carbonyl (C=O) groups is 1. The molecule has 0 radical (unpaired) electrons. The summed E-state index contributed by atoms with van der Waals surface area (Å²) >= 11 is 0. The summed E-state index contributed by atoms with van der Waals surface area (Å²) < 4.78 is 3.75. The minimum Gasteiger partial charge on any atom is -0.336 e. The number of hydrogen-bond donors (Lipinski definition) is 0. The molecule has 1 amide bonds. The van der Waals surface area contributed by atoms with E-state index in [4.69, 9.17) is 0 Å². The predicted octanol–water partition coefficient (Wildman–Crippen LogP) is 3.16. The first-order valence-corrected chi connectivity index (χ1v) is 8.84. The maximum Gasteiger partial charge on any atom is 0.274 e. The van der Waals surface area contributed by atoms with Crippen molar-refractivity contribution in [2.75, 3.05) is 7.05 Å². The maximum absolute atomic E-state index is 12.7. The summed E-state index contributed by atoms with van der Waals surface area (Å²) in [6.45, 7) is 3.21. The molecule has 0 aliphatic carbocycles. The van der Waals surface area contributed by atoms with Crippen molar-refractivity contribution >= 4 is 11.6 Å². The molecule has 4 aromatic rings. The highest BCUT2D eigenvalue weighted by Crippen LogP contribution is 2.12. The van der Waals surface area contributed by atoms with E-state index >= 15 is 0 Å². The topological polar surface area (TPSA) is 55.4 Å². The van der Waals surface area contributed by atoms with E-state index in [1.165, 1.54) is 5.56 Å². The molecule has 6 heteroatoms. The first kappa shape index (κ1) is 17.0. The normalized spacial score (nSPS) is 11.0. The Labute approximate surface area is 157 Å². The van der Waals surface area contributed by atoms with Crippen LogP contribution in [0.3, 0.4) is 0 Å². The van der Waals surface area contributed by atoms with E-state index < -0.39 is 0 Å². The van der Waals surface area contributed by atoms with Gasteiger partial charge in [0.1, 0.15) is 11.3 Å². The summed E-state index contributed by atoms with van der Waals surface area (Å²) in [5.41, 5.74) is 4.52. The number of rotatable bonds is 5. The van der Waals surface area contributed by atoms with Crippen molar-refractivity contribution in [3.8, 4) is 0 Å². The number of amides is 1. The van der Waals surface area contributed by atoms with Crippen LogP contribution in [0.5, 0.6) is 0 Å². The summed E-state index contributed by atoms with van der Waals surface area (Å²) in [5, 5.41) is 4.40. The SMILES string of the molecule is Cc1ccn2cc(C(=O)N(C)Cc3cnn(Cc4ccccc4)c3)nc2c1. The van der Waals surface area contributed by atoms with Gasteiger partial charge in [-0.25, -0.2) is 4.98 Å². The fourth-order valence-electron chi connectivity index (χ4n) is 3.07. The predicted molar refractivity (Wildman–Crippen MR) is 103 cm³/mol. The lowest BCUT2D eigenvalue weighted by Crippen LogP contribution is -2.26. The molecule has 6 nitrogen and oxygen atoms in total. The number of aromatic nitrogens is 4. The molecule has 0 N–H and O–H groups in total. The van der Waals surface area contributed by atoms with Crippen LogP contribution in [0, 0.1) is 6.92 Å². The minimum atomic E-state index is -0.104. The third-order valence-electron chi connectivity index (χ3n) is 4.48. The number of hydrogen-bond acceptors (Lipinski definition) is 3. The van der Waals surface area contributed by atoms with Gasteiger partial charge in [-0.2, -0.15) is 5.10 Å². The maximum atomic E-state index is 12.7. The van der Waals surface area contributed by atoms with Gasteiger partial charge in [0.25, 0.3) is 5.91 Å². The Bertz CT molecular complexity index is 1080. The van der Waals surface area contributed by atoms with Crippen LogP contribution < -0.4 is 0 Å². The Morgan fingerprint density at radius 1 is 1.11 bits per heavy atom. The summed E-state index contributed by atoms with van der Waals surface area (Å²) in [4.78, 5) is 18.8. The van der Waals surface area contributed by atoms with Gasteiger partial charge in [0.05, 0.1) is 12.7 Å². The molecule has 3 aromatic heterocycles. The third-order valence-corrected chi connectivity index (χ3v) is 4.48. The average Bonchev–Trinajstić information content (AvgIpc) is 3.28. The molecule has 0 spiro atoms. The Kier molecular flexibility index (Phi) is 4.46. The molecule has 136 valence electrons. The lowest BCUT2D eigenvalue weighted by Gasteiger charge is -2.14. The van der Waals surface area contributed by atoms with Crippen molar-refractivity contribution in [3.63, 3.8) is 0 Å². The van der Waals surface area contributed by atoms with Gasteiger partial charge in [-0.1, -0.05) is 30.3 Å². The Balaban J connectivity index is 1.45. The molecule has 1 aromatic carbocycles. The fourth-order valence-corrected chi connectivity index (χ4v) is 3.07. The summed E-state index contributed by atoms with van der Waals surface area (Å²) in [7, 11) is 1.78. The van der Waals surface area contributed by atoms with E-state index in [1.807, 2.05) is 58.7 Å². The summed E-state index contributed by atoms with van der Waals surface area (Å²) in [5.74, 6) is -0.104. The van der Waals surface area contributed by atoms with E-state index in [-0.39, 0.29) is 5.91 Å². The monoisotopic (exact) mass is 359 g/mol. The number of carbonyl (C=O) groups excluding carboxylic acids is 1. The molecule has 0 aliphatic rings. The van der Waals surface area contributed by atoms with E-state index in [9.17, 15) is 4.79 Å². The quantitative estimate of drug-likeness (QED) is 0.550. The van der Waals surface area contributed by atoms with Crippen molar-refractivity contribution in [2.45, 2.75) is 20.0 Å². The Morgan fingerprint density at radius 2 is 1.93 bits per heavy atom. The molecule has 0 bridgehead atoms. The zero-order chi connectivity index (χ0) is 18.8. The first-order valence-electron chi connectivity index (χ1n) is 8.84.